The molecule has 0 aliphatic heterocycles. The molecule has 3 rings (SSSR count). The summed E-state index contributed by atoms with van der Waals surface area (Å²) < 4.78 is 2.22. The van der Waals surface area contributed by atoms with Crippen LogP contribution in [0.25, 0.3) is 0 Å². The number of anilines is 1. The molecule has 1 N–H and O–H groups in total. The SMILES string of the molecule is Cc1cccc(NCc2ccnn2C2CCCC2)c1. The van der Waals surface area contributed by atoms with Crippen LogP contribution >= 0.6 is 0 Å². The Kier molecular flexibility index (Phi) is 3.53. The number of hydrogen-bond acceptors (Lipinski definition) is 2. The lowest BCUT2D eigenvalue weighted by atomic mass is 10.2. The molecule has 3 nitrogen and oxygen atoms in total. The van der Waals surface area contributed by atoms with Gasteiger partial charge in [0.2, 0.25) is 0 Å². The van der Waals surface area contributed by atoms with E-state index in [4.69, 9.17) is 0 Å². The van der Waals surface area contributed by atoms with Gasteiger partial charge in [0.1, 0.15) is 0 Å². The van der Waals surface area contributed by atoms with E-state index in [1.54, 1.807) is 0 Å². The molecule has 1 saturated carbocycles. The third-order valence-corrected chi connectivity index (χ3v) is 3.91. The van der Waals surface area contributed by atoms with Crippen LogP contribution in [0.4, 0.5) is 5.69 Å². The van der Waals surface area contributed by atoms with Crippen molar-refractivity contribution in [2.45, 2.75) is 45.2 Å². The molecule has 1 aliphatic carbocycles. The normalized spacial score (nSPS) is 15.8. The molecular weight excluding hydrogens is 234 g/mol. The first kappa shape index (κ1) is 12.3. The fourth-order valence-electron chi connectivity index (χ4n) is 2.91. The van der Waals surface area contributed by atoms with Crippen LogP contribution in [0.3, 0.4) is 0 Å². The summed E-state index contributed by atoms with van der Waals surface area (Å²) in [5.74, 6) is 0. The summed E-state index contributed by atoms with van der Waals surface area (Å²) >= 11 is 0. The zero-order chi connectivity index (χ0) is 13.1. The number of nitrogens with one attached hydrogen (secondary N) is 1. The van der Waals surface area contributed by atoms with Gasteiger partial charge in [0.05, 0.1) is 18.3 Å². The molecule has 100 valence electrons. The molecule has 3 heteroatoms. The van der Waals surface area contributed by atoms with Gasteiger partial charge in [0, 0.05) is 11.9 Å². The first-order valence-electron chi connectivity index (χ1n) is 7.16. The van der Waals surface area contributed by atoms with Crippen molar-refractivity contribution in [1.29, 1.82) is 0 Å². The number of benzene rings is 1. The van der Waals surface area contributed by atoms with E-state index in [0.29, 0.717) is 6.04 Å². The van der Waals surface area contributed by atoms with Crippen LogP contribution < -0.4 is 5.32 Å². The van der Waals surface area contributed by atoms with Crippen LogP contribution in [0, 0.1) is 6.92 Å². The second-order valence-electron chi connectivity index (χ2n) is 5.43. The van der Waals surface area contributed by atoms with Gasteiger partial charge in [-0.25, -0.2) is 0 Å². The Bertz CT molecular complexity index is 538. The van der Waals surface area contributed by atoms with E-state index < -0.39 is 0 Å². The molecule has 1 aromatic heterocycles. The van der Waals surface area contributed by atoms with Crippen LogP contribution in [0.15, 0.2) is 36.5 Å². The van der Waals surface area contributed by atoms with Crippen molar-refractivity contribution in [3.63, 3.8) is 0 Å². The predicted octanol–water partition coefficient (Wildman–Crippen LogP) is 3.92. The van der Waals surface area contributed by atoms with Gasteiger partial charge >= 0.3 is 0 Å². The molecule has 0 amide bonds. The zero-order valence-electron chi connectivity index (χ0n) is 11.5. The van der Waals surface area contributed by atoms with Gasteiger partial charge in [0.15, 0.2) is 0 Å². The second-order valence-corrected chi connectivity index (χ2v) is 5.43. The van der Waals surface area contributed by atoms with E-state index in [0.717, 1.165) is 6.54 Å². The second kappa shape index (κ2) is 5.47. The Morgan fingerprint density at radius 1 is 1.26 bits per heavy atom. The van der Waals surface area contributed by atoms with Crippen molar-refractivity contribution in [3.05, 3.63) is 47.8 Å². The fourth-order valence-corrected chi connectivity index (χ4v) is 2.91. The minimum absolute atomic E-state index is 0.615. The van der Waals surface area contributed by atoms with E-state index in [9.17, 15) is 0 Å². The van der Waals surface area contributed by atoms with Crippen molar-refractivity contribution >= 4 is 5.69 Å². The van der Waals surface area contributed by atoms with Crippen LogP contribution in [0.2, 0.25) is 0 Å². The van der Waals surface area contributed by atoms with E-state index in [2.05, 4.69) is 52.4 Å². The Balaban J connectivity index is 1.68. The standard InChI is InChI=1S/C16H21N3/c1-13-5-4-6-14(11-13)17-12-16-9-10-18-19(16)15-7-2-3-8-15/h4-6,9-11,15,17H,2-3,7-8,12H2,1H3. The summed E-state index contributed by atoms with van der Waals surface area (Å²) in [5.41, 5.74) is 3.75. The first-order chi connectivity index (χ1) is 9.33. The highest BCUT2D eigenvalue weighted by atomic mass is 15.3. The van der Waals surface area contributed by atoms with Gasteiger partial charge in [0.25, 0.3) is 0 Å². The zero-order valence-corrected chi connectivity index (χ0v) is 11.5. The molecule has 1 fully saturated rings. The number of nitrogens with zero attached hydrogens (tertiary/aromatic N) is 2. The first-order valence-corrected chi connectivity index (χ1v) is 7.16. The fraction of sp³-hybridized carbons (Fsp3) is 0.438. The van der Waals surface area contributed by atoms with Gasteiger partial charge < -0.3 is 5.32 Å². The van der Waals surface area contributed by atoms with Crippen molar-refractivity contribution in [2.75, 3.05) is 5.32 Å². The lowest BCUT2D eigenvalue weighted by molar-refractivity contribution is 0.452. The monoisotopic (exact) mass is 255 g/mol. The molecule has 1 heterocycles. The van der Waals surface area contributed by atoms with Crippen molar-refractivity contribution in [1.82, 2.24) is 9.78 Å². The Morgan fingerprint density at radius 2 is 2.11 bits per heavy atom. The number of rotatable bonds is 4. The highest BCUT2D eigenvalue weighted by Crippen LogP contribution is 2.29. The minimum Gasteiger partial charge on any atom is -0.379 e. The molecule has 0 atom stereocenters. The molecule has 0 unspecified atom stereocenters. The summed E-state index contributed by atoms with van der Waals surface area (Å²) in [6, 6.07) is 11.2. The van der Waals surface area contributed by atoms with E-state index in [1.165, 1.54) is 42.6 Å². The molecule has 0 radical (unpaired) electrons. The predicted molar refractivity (Wildman–Crippen MR) is 78.2 cm³/mol. The van der Waals surface area contributed by atoms with E-state index in [-0.39, 0.29) is 0 Å². The topological polar surface area (TPSA) is 29.9 Å². The lowest BCUT2D eigenvalue weighted by Gasteiger charge is -2.15. The highest BCUT2D eigenvalue weighted by Gasteiger charge is 2.19. The van der Waals surface area contributed by atoms with Crippen LogP contribution in [0.5, 0.6) is 0 Å². The van der Waals surface area contributed by atoms with E-state index >= 15 is 0 Å². The largest absolute Gasteiger partial charge is 0.379 e. The summed E-state index contributed by atoms with van der Waals surface area (Å²) in [4.78, 5) is 0. The maximum absolute atomic E-state index is 4.50. The van der Waals surface area contributed by atoms with Gasteiger partial charge in [-0.2, -0.15) is 5.10 Å². The molecule has 1 aromatic carbocycles. The van der Waals surface area contributed by atoms with Crippen molar-refractivity contribution in [2.24, 2.45) is 0 Å². The highest BCUT2D eigenvalue weighted by molar-refractivity contribution is 5.45. The lowest BCUT2D eigenvalue weighted by Crippen LogP contribution is -2.13. The van der Waals surface area contributed by atoms with Gasteiger partial charge in [-0.05, 0) is 43.5 Å². The summed E-state index contributed by atoms with van der Waals surface area (Å²) in [5, 5.41) is 8.00. The number of aryl methyl sites for hydroxylation is 1. The average molecular weight is 255 g/mol. The minimum atomic E-state index is 0.615. The molecule has 0 bridgehead atoms. The molecular formula is C16H21N3. The summed E-state index contributed by atoms with van der Waals surface area (Å²) in [6.07, 6.45) is 7.16. The number of hydrogen-bond donors (Lipinski definition) is 1. The van der Waals surface area contributed by atoms with Gasteiger partial charge in [-0.1, -0.05) is 25.0 Å². The third-order valence-electron chi connectivity index (χ3n) is 3.91. The average Bonchev–Trinajstić information content (AvgIpc) is 3.07. The Morgan fingerprint density at radius 3 is 2.89 bits per heavy atom. The molecule has 19 heavy (non-hydrogen) atoms. The number of aromatic nitrogens is 2. The van der Waals surface area contributed by atoms with Gasteiger partial charge in [-0.15, -0.1) is 0 Å². The molecule has 0 saturated heterocycles. The third kappa shape index (κ3) is 2.80. The van der Waals surface area contributed by atoms with Crippen LogP contribution in [0.1, 0.15) is 43.0 Å². The van der Waals surface area contributed by atoms with Crippen LogP contribution in [-0.2, 0) is 6.54 Å². The van der Waals surface area contributed by atoms with Crippen molar-refractivity contribution < 1.29 is 0 Å². The molecule has 0 spiro atoms. The summed E-state index contributed by atoms with van der Waals surface area (Å²) in [7, 11) is 0. The smallest absolute Gasteiger partial charge is 0.0578 e. The van der Waals surface area contributed by atoms with E-state index in [1.807, 2.05) is 6.20 Å². The van der Waals surface area contributed by atoms with Gasteiger partial charge in [-0.3, -0.25) is 4.68 Å². The van der Waals surface area contributed by atoms with Crippen LogP contribution in [-0.4, -0.2) is 9.78 Å². The molecule has 2 aromatic rings. The Hall–Kier alpha value is -1.77. The maximum Gasteiger partial charge on any atom is 0.0578 e. The molecule has 1 aliphatic rings. The summed E-state index contributed by atoms with van der Waals surface area (Å²) in [6.45, 7) is 2.97. The quantitative estimate of drug-likeness (QED) is 0.897. The Labute approximate surface area is 114 Å². The maximum atomic E-state index is 4.50. The van der Waals surface area contributed by atoms with Crippen molar-refractivity contribution in [3.8, 4) is 0 Å².